The van der Waals surface area contributed by atoms with Gasteiger partial charge in [0.05, 0.1) is 11.1 Å². The maximum absolute atomic E-state index is 12.3. The second-order valence-electron chi connectivity index (χ2n) is 7.54. The molecule has 1 amide bonds. The molecule has 0 aliphatic rings. The quantitative estimate of drug-likeness (QED) is 0.313. The number of hydrogen-bond acceptors (Lipinski definition) is 5. The predicted octanol–water partition coefficient (Wildman–Crippen LogP) is 5.47. The summed E-state index contributed by atoms with van der Waals surface area (Å²) in [6, 6.07) is 11.6. The molecule has 176 valence electrons. The predicted molar refractivity (Wildman–Crippen MR) is 133 cm³/mol. The lowest BCUT2D eigenvalue weighted by molar-refractivity contribution is -0.118. The Balaban J connectivity index is 1.86. The Hall–Kier alpha value is -2.09. The Morgan fingerprint density at radius 1 is 1.03 bits per heavy atom. The molecule has 32 heavy (non-hydrogen) atoms. The molecule has 0 saturated heterocycles. The molecule has 0 spiro atoms. The van der Waals surface area contributed by atoms with Gasteiger partial charge in [0.2, 0.25) is 0 Å². The van der Waals surface area contributed by atoms with Crippen LogP contribution in [0, 0.1) is 6.92 Å². The first-order valence-electron chi connectivity index (χ1n) is 11.3. The fourth-order valence-electron chi connectivity index (χ4n) is 2.98. The van der Waals surface area contributed by atoms with Gasteiger partial charge in [-0.3, -0.25) is 4.79 Å². The van der Waals surface area contributed by atoms with Crippen molar-refractivity contribution in [3.63, 3.8) is 0 Å². The molecule has 0 aliphatic carbocycles. The van der Waals surface area contributed by atoms with Crippen LogP contribution in [0.4, 0.5) is 5.69 Å². The Morgan fingerprint density at radius 3 is 2.50 bits per heavy atom. The average Bonchev–Trinajstić information content (AvgIpc) is 2.77. The summed E-state index contributed by atoms with van der Waals surface area (Å²) in [6.45, 7) is 9.69. The lowest BCUT2D eigenvalue weighted by Crippen LogP contribution is -2.20. The van der Waals surface area contributed by atoms with E-state index >= 15 is 0 Å². The summed E-state index contributed by atoms with van der Waals surface area (Å²) < 4.78 is 17.9. The minimum atomic E-state index is -0.227. The molecule has 2 aromatic rings. The molecule has 0 unspecified atom stereocenters. The fourth-order valence-corrected chi connectivity index (χ4v) is 3.58. The molecule has 0 atom stereocenters. The SMILES string of the molecule is CCCCOCCCNCc1cc(Br)c(OCC(=O)Nc2ccc(C)cc2)c(OCC)c1. The van der Waals surface area contributed by atoms with Gasteiger partial charge < -0.3 is 24.8 Å². The zero-order valence-electron chi connectivity index (χ0n) is 19.3. The first-order chi connectivity index (χ1) is 15.5. The number of anilines is 1. The molecule has 0 radical (unpaired) electrons. The minimum absolute atomic E-state index is 0.109. The Labute approximate surface area is 200 Å². The van der Waals surface area contributed by atoms with Crippen molar-refractivity contribution in [3.8, 4) is 11.5 Å². The second-order valence-corrected chi connectivity index (χ2v) is 8.39. The summed E-state index contributed by atoms with van der Waals surface area (Å²) in [5.41, 5.74) is 2.95. The summed E-state index contributed by atoms with van der Waals surface area (Å²) in [5, 5.41) is 6.27. The minimum Gasteiger partial charge on any atom is -0.490 e. The monoisotopic (exact) mass is 506 g/mol. The molecule has 7 heteroatoms. The Morgan fingerprint density at radius 2 is 1.78 bits per heavy atom. The smallest absolute Gasteiger partial charge is 0.262 e. The van der Waals surface area contributed by atoms with Crippen LogP contribution in [-0.2, 0) is 16.1 Å². The molecular formula is C25H35BrN2O4. The van der Waals surface area contributed by atoms with Gasteiger partial charge in [0.15, 0.2) is 18.1 Å². The van der Waals surface area contributed by atoms with Crippen LogP contribution in [-0.4, -0.2) is 38.9 Å². The van der Waals surface area contributed by atoms with Gasteiger partial charge in [-0.05, 0) is 79.0 Å². The third kappa shape index (κ3) is 9.59. The van der Waals surface area contributed by atoms with E-state index in [1.165, 1.54) is 0 Å². The van der Waals surface area contributed by atoms with E-state index in [0.717, 1.165) is 60.3 Å². The number of unbranched alkanes of at least 4 members (excludes halogenated alkanes) is 1. The van der Waals surface area contributed by atoms with Gasteiger partial charge in [0, 0.05) is 25.4 Å². The lowest BCUT2D eigenvalue weighted by atomic mass is 10.2. The number of amides is 1. The van der Waals surface area contributed by atoms with E-state index in [2.05, 4.69) is 33.5 Å². The average molecular weight is 507 g/mol. The van der Waals surface area contributed by atoms with Crippen LogP contribution in [0.25, 0.3) is 0 Å². The van der Waals surface area contributed by atoms with Gasteiger partial charge in [-0.1, -0.05) is 31.0 Å². The molecule has 2 rings (SSSR count). The van der Waals surface area contributed by atoms with E-state index in [1.807, 2.05) is 50.2 Å². The second kappa shape index (κ2) is 14.9. The first-order valence-corrected chi connectivity index (χ1v) is 12.1. The molecule has 0 aliphatic heterocycles. The molecule has 6 nitrogen and oxygen atoms in total. The highest BCUT2D eigenvalue weighted by Gasteiger charge is 2.14. The van der Waals surface area contributed by atoms with Crippen LogP contribution in [0.3, 0.4) is 0 Å². The van der Waals surface area contributed by atoms with Crippen LogP contribution >= 0.6 is 15.9 Å². The van der Waals surface area contributed by atoms with E-state index < -0.39 is 0 Å². The Bertz CT molecular complexity index is 827. The van der Waals surface area contributed by atoms with Gasteiger partial charge in [-0.2, -0.15) is 0 Å². The van der Waals surface area contributed by atoms with Gasteiger partial charge in [0.1, 0.15) is 0 Å². The van der Waals surface area contributed by atoms with E-state index in [1.54, 1.807) is 0 Å². The number of ether oxygens (including phenoxy) is 3. The van der Waals surface area contributed by atoms with Gasteiger partial charge in [0.25, 0.3) is 5.91 Å². The highest BCUT2D eigenvalue weighted by Crippen LogP contribution is 2.37. The van der Waals surface area contributed by atoms with Crippen molar-refractivity contribution in [1.29, 1.82) is 0 Å². The van der Waals surface area contributed by atoms with Crippen molar-refractivity contribution >= 4 is 27.5 Å². The standard InChI is InChI=1S/C25H35BrN2O4/c1-4-6-13-30-14-7-12-27-17-20-15-22(26)25(23(16-20)31-5-2)32-18-24(29)28-21-10-8-19(3)9-11-21/h8-11,15-16,27H,4-7,12-14,17-18H2,1-3H3,(H,28,29). The van der Waals surface area contributed by atoms with E-state index in [-0.39, 0.29) is 12.5 Å². The van der Waals surface area contributed by atoms with E-state index in [9.17, 15) is 4.79 Å². The summed E-state index contributed by atoms with van der Waals surface area (Å²) in [6.07, 6.45) is 3.25. The number of hydrogen-bond donors (Lipinski definition) is 2. The topological polar surface area (TPSA) is 68.8 Å². The molecular weight excluding hydrogens is 472 g/mol. The lowest BCUT2D eigenvalue weighted by Gasteiger charge is -2.16. The molecule has 2 aromatic carbocycles. The van der Waals surface area contributed by atoms with Crippen LogP contribution in [0.5, 0.6) is 11.5 Å². The zero-order chi connectivity index (χ0) is 23.2. The number of benzene rings is 2. The van der Waals surface area contributed by atoms with Crippen LogP contribution in [0.1, 0.15) is 44.2 Å². The van der Waals surface area contributed by atoms with Crippen LogP contribution in [0.15, 0.2) is 40.9 Å². The van der Waals surface area contributed by atoms with Crippen molar-refractivity contribution in [1.82, 2.24) is 5.32 Å². The van der Waals surface area contributed by atoms with Crippen LogP contribution in [0.2, 0.25) is 0 Å². The highest BCUT2D eigenvalue weighted by molar-refractivity contribution is 9.10. The van der Waals surface area contributed by atoms with Gasteiger partial charge in [-0.15, -0.1) is 0 Å². The highest BCUT2D eigenvalue weighted by atomic mass is 79.9. The van der Waals surface area contributed by atoms with Gasteiger partial charge >= 0.3 is 0 Å². The summed E-state index contributed by atoms with van der Waals surface area (Å²) in [5.74, 6) is 0.916. The van der Waals surface area contributed by atoms with Crippen molar-refractivity contribution in [3.05, 3.63) is 52.0 Å². The molecule has 0 fully saturated rings. The van der Waals surface area contributed by atoms with E-state index in [0.29, 0.717) is 24.7 Å². The molecule has 0 saturated carbocycles. The number of halogens is 1. The summed E-state index contributed by atoms with van der Waals surface area (Å²) in [7, 11) is 0. The fraction of sp³-hybridized carbons (Fsp3) is 0.480. The van der Waals surface area contributed by atoms with Crippen LogP contribution < -0.4 is 20.1 Å². The van der Waals surface area contributed by atoms with Gasteiger partial charge in [-0.25, -0.2) is 0 Å². The van der Waals surface area contributed by atoms with E-state index in [4.69, 9.17) is 14.2 Å². The van der Waals surface area contributed by atoms with Crippen molar-refractivity contribution in [2.75, 3.05) is 38.3 Å². The third-order valence-electron chi connectivity index (χ3n) is 4.67. The molecule has 2 N–H and O–H groups in total. The molecule has 0 bridgehead atoms. The number of carbonyl (C=O) groups excluding carboxylic acids is 1. The molecule has 0 aromatic heterocycles. The largest absolute Gasteiger partial charge is 0.490 e. The normalized spacial score (nSPS) is 10.8. The zero-order valence-corrected chi connectivity index (χ0v) is 20.9. The number of carbonyl (C=O) groups is 1. The van der Waals surface area contributed by atoms with Crippen molar-refractivity contribution in [2.24, 2.45) is 0 Å². The summed E-state index contributed by atoms with van der Waals surface area (Å²) >= 11 is 3.57. The number of aryl methyl sites for hydroxylation is 1. The third-order valence-corrected chi connectivity index (χ3v) is 5.25. The van der Waals surface area contributed by atoms with Crippen molar-refractivity contribution in [2.45, 2.75) is 46.6 Å². The maximum Gasteiger partial charge on any atom is 0.262 e. The number of nitrogens with one attached hydrogen (secondary N) is 2. The molecule has 0 heterocycles. The maximum atomic E-state index is 12.3. The summed E-state index contributed by atoms with van der Waals surface area (Å²) in [4.78, 5) is 12.3. The first kappa shape index (κ1) is 26.2. The Kier molecular flexibility index (Phi) is 12.2. The van der Waals surface area contributed by atoms with Crippen molar-refractivity contribution < 1.29 is 19.0 Å². The number of rotatable bonds is 15.